The molecule has 10 heavy (non-hydrogen) atoms. The maximum absolute atomic E-state index is 10.3. The molecule has 1 fully saturated rings. The van der Waals surface area contributed by atoms with E-state index in [0.29, 0.717) is 6.04 Å². The van der Waals surface area contributed by atoms with Crippen LogP contribution in [0.15, 0.2) is 0 Å². The number of rotatable bonds is 2. The van der Waals surface area contributed by atoms with E-state index in [0.717, 1.165) is 13.1 Å². The molecule has 1 aliphatic heterocycles. The van der Waals surface area contributed by atoms with Crippen LogP contribution in [0.5, 0.6) is 0 Å². The van der Waals surface area contributed by atoms with Crippen molar-refractivity contribution in [2.24, 2.45) is 0 Å². The predicted octanol–water partition coefficient (Wildman–Crippen LogP) is 1.29. The van der Waals surface area contributed by atoms with Crippen LogP contribution in [-0.2, 0) is 5.11 Å². The topological polar surface area (TPSA) is 23.1 Å². The quantitative estimate of drug-likeness (QED) is 0.569. The first kappa shape index (κ1) is 8.02. The van der Waals surface area contributed by atoms with Crippen molar-refractivity contribution in [1.82, 2.24) is 4.90 Å². The van der Waals surface area contributed by atoms with Crippen LogP contribution in [-0.4, -0.2) is 30.6 Å². The number of likely N-dealkylation sites (tertiary alicyclic amines) is 1. The van der Waals surface area contributed by atoms with Crippen LogP contribution < -0.4 is 0 Å². The number of nitrogens with zero attached hydrogens (tertiary/aromatic N) is 1. The molecule has 1 rings (SSSR count). The van der Waals surface area contributed by atoms with Gasteiger partial charge in [-0.05, 0) is 26.3 Å². The van der Waals surface area contributed by atoms with Crippen LogP contribution >= 0.6 is 0 Å². The number of hydrogen-bond donors (Lipinski definition) is 0. The molecule has 1 aliphatic rings. The summed E-state index contributed by atoms with van der Waals surface area (Å²) in [4.78, 5) is 2.30. The highest BCUT2D eigenvalue weighted by molar-refractivity contribution is 4.71. The highest BCUT2D eigenvalue weighted by atomic mass is 16.3. The van der Waals surface area contributed by atoms with Gasteiger partial charge in [-0.2, -0.15) is 0 Å². The molecule has 0 aromatic heterocycles. The second-order valence-electron chi connectivity index (χ2n) is 3.08. The Morgan fingerprint density at radius 2 is 2.30 bits per heavy atom. The summed E-state index contributed by atoms with van der Waals surface area (Å²) in [5, 5.41) is 10.3. The molecular weight excluding hydrogens is 126 g/mol. The zero-order chi connectivity index (χ0) is 7.40. The van der Waals surface area contributed by atoms with Gasteiger partial charge in [-0.15, -0.1) is 0 Å². The second-order valence-corrected chi connectivity index (χ2v) is 3.08. The lowest BCUT2D eigenvalue weighted by molar-refractivity contribution is 0.0973. The molecule has 0 aromatic rings. The van der Waals surface area contributed by atoms with E-state index in [-0.39, 0.29) is 6.61 Å². The van der Waals surface area contributed by atoms with Crippen molar-refractivity contribution in [2.75, 3.05) is 19.7 Å². The number of piperidine rings is 1. The van der Waals surface area contributed by atoms with Gasteiger partial charge in [0.25, 0.3) is 0 Å². The second kappa shape index (κ2) is 3.94. The zero-order valence-corrected chi connectivity index (χ0v) is 6.68. The third-order valence-electron chi connectivity index (χ3n) is 2.32. The van der Waals surface area contributed by atoms with Crippen LogP contribution in [0.2, 0.25) is 0 Å². The lowest BCUT2D eigenvalue weighted by Gasteiger charge is -2.32. The van der Waals surface area contributed by atoms with Crippen LogP contribution in [0, 0.1) is 0 Å². The van der Waals surface area contributed by atoms with Crippen molar-refractivity contribution in [3.8, 4) is 0 Å². The fourth-order valence-electron chi connectivity index (χ4n) is 1.61. The molecule has 2 heteroatoms. The third-order valence-corrected chi connectivity index (χ3v) is 2.32. The molecule has 0 aliphatic carbocycles. The van der Waals surface area contributed by atoms with E-state index in [1.54, 1.807) is 0 Å². The summed E-state index contributed by atoms with van der Waals surface area (Å²) in [6, 6.07) is 0.655. The van der Waals surface area contributed by atoms with Crippen LogP contribution in [0.3, 0.4) is 0 Å². The fraction of sp³-hybridized carbons (Fsp3) is 1.00. The van der Waals surface area contributed by atoms with Crippen LogP contribution in [0.1, 0.15) is 26.2 Å². The van der Waals surface area contributed by atoms with Gasteiger partial charge in [0.05, 0.1) is 6.61 Å². The summed E-state index contributed by atoms with van der Waals surface area (Å²) >= 11 is 0. The molecule has 1 radical (unpaired) electrons. The Bertz CT molecular complexity index is 93.3. The summed E-state index contributed by atoms with van der Waals surface area (Å²) in [7, 11) is 0. The monoisotopic (exact) mass is 142 g/mol. The van der Waals surface area contributed by atoms with Crippen LogP contribution in [0.25, 0.3) is 0 Å². The van der Waals surface area contributed by atoms with Gasteiger partial charge >= 0.3 is 0 Å². The minimum Gasteiger partial charge on any atom is -0.298 e. The number of hydrogen-bond acceptors (Lipinski definition) is 1. The van der Waals surface area contributed by atoms with Crippen molar-refractivity contribution in [3.05, 3.63) is 0 Å². The SMILES string of the molecule is CC1CCCCN1CC[O]. The van der Waals surface area contributed by atoms with Gasteiger partial charge in [-0.25, -0.2) is 5.11 Å². The van der Waals surface area contributed by atoms with E-state index in [4.69, 9.17) is 0 Å². The van der Waals surface area contributed by atoms with E-state index < -0.39 is 0 Å². The fourth-order valence-corrected chi connectivity index (χ4v) is 1.61. The van der Waals surface area contributed by atoms with E-state index in [1.165, 1.54) is 19.3 Å². The largest absolute Gasteiger partial charge is 0.298 e. The molecule has 0 saturated carbocycles. The van der Waals surface area contributed by atoms with Gasteiger partial charge in [-0.3, -0.25) is 4.90 Å². The van der Waals surface area contributed by atoms with Gasteiger partial charge in [0.15, 0.2) is 0 Å². The lowest BCUT2D eigenvalue weighted by atomic mass is 10.0. The predicted molar refractivity (Wildman–Crippen MR) is 40.4 cm³/mol. The average molecular weight is 142 g/mol. The van der Waals surface area contributed by atoms with Gasteiger partial charge in [0, 0.05) is 12.6 Å². The van der Waals surface area contributed by atoms with Crippen molar-refractivity contribution >= 4 is 0 Å². The molecule has 2 nitrogen and oxygen atoms in total. The molecule has 0 amide bonds. The van der Waals surface area contributed by atoms with E-state index >= 15 is 0 Å². The Labute approximate surface area is 62.8 Å². The normalized spacial score (nSPS) is 28.8. The van der Waals surface area contributed by atoms with Crippen molar-refractivity contribution in [1.29, 1.82) is 0 Å². The Morgan fingerprint density at radius 3 is 2.90 bits per heavy atom. The van der Waals surface area contributed by atoms with Gasteiger partial charge in [-0.1, -0.05) is 6.42 Å². The molecule has 0 N–H and O–H groups in total. The van der Waals surface area contributed by atoms with Gasteiger partial charge < -0.3 is 0 Å². The minimum absolute atomic E-state index is 0.0599. The third kappa shape index (κ3) is 1.96. The van der Waals surface area contributed by atoms with E-state index in [9.17, 15) is 5.11 Å². The molecule has 1 saturated heterocycles. The summed E-state index contributed by atoms with van der Waals surface area (Å²) in [6.07, 6.45) is 3.90. The molecule has 1 unspecified atom stereocenters. The summed E-state index contributed by atoms with van der Waals surface area (Å²) in [5.41, 5.74) is 0. The first-order chi connectivity index (χ1) is 4.84. The Balaban J connectivity index is 2.25. The van der Waals surface area contributed by atoms with E-state index in [2.05, 4.69) is 11.8 Å². The summed E-state index contributed by atoms with van der Waals surface area (Å²) in [5.74, 6) is 0. The maximum Gasteiger partial charge on any atom is 0.0949 e. The molecule has 1 heterocycles. The Kier molecular flexibility index (Phi) is 3.16. The van der Waals surface area contributed by atoms with Gasteiger partial charge in [0.1, 0.15) is 0 Å². The molecule has 0 spiro atoms. The van der Waals surface area contributed by atoms with E-state index in [1.807, 2.05) is 0 Å². The van der Waals surface area contributed by atoms with Crippen LogP contribution in [0.4, 0.5) is 0 Å². The van der Waals surface area contributed by atoms with Crippen molar-refractivity contribution in [2.45, 2.75) is 32.2 Å². The molecule has 59 valence electrons. The highest BCUT2D eigenvalue weighted by Crippen LogP contribution is 2.15. The molecule has 0 aromatic carbocycles. The molecule has 1 atom stereocenters. The average Bonchev–Trinajstić information content (AvgIpc) is 1.94. The highest BCUT2D eigenvalue weighted by Gasteiger charge is 2.16. The standard InChI is InChI=1S/C8H16NO/c1-8-4-2-3-5-9(8)6-7-10/h8H,2-7H2,1H3. The van der Waals surface area contributed by atoms with Crippen molar-refractivity contribution < 1.29 is 5.11 Å². The minimum atomic E-state index is 0.0599. The summed E-state index contributed by atoms with van der Waals surface area (Å²) < 4.78 is 0. The summed E-state index contributed by atoms with van der Waals surface area (Å²) in [6.45, 7) is 4.17. The van der Waals surface area contributed by atoms with Crippen molar-refractivity contribution in [3.63, 3.8) is 0 Å². The first-order valence-corrected chi connectivity index (χ1v) is 4.16. The Morgan fingerprint density at radius 1 is 1.50 bits per heavy atom. The Hall–Kier alpha value is -0.0800. The molecular formula is C8H16NO. The zero-order valence-electron chi connectivity index (χ0n) is 6.68. The molecule has 0 bridgehead atoms. The maximum atomic E-state index is 10.3. The lowest BCUT2D eigenvalue weighted by Crippen LogP contribution is -2.38. The first-order valence-electron chi connectivity index (χ1n) is 4.16. The van der Waals surface area contributed by atoms with Gasteiger partial charge in [0.2, 0.25) is 0 Å². The smallest absolute Gasteiger partial charge is 0.0949 e.